The van der Waals surface area contributed by atoms with E-state index in [-0.39, 0.29) is 11.8 Å². The Morgan fingerprint density at radius 2 is 2.42 bits per heavy atom. The molecular formula is C8H11N3O. The van der Waals surface area contributed by atoms with Crippen molar-refractivity contribution in [3.63, 3.8) is 0 Å². The molecule has 64 valence electrons. The Kier molecular flexibility index (Phi) is 1.81. The summed E-state index contributed by atoms with van der Waals surface area (Å²) in [5.41, 5.74) is 1.00. The van der Waals surface area contributed by atoms with Gasteiger partial charge in [-0.25, -0.2) is 0 Å². The second-order valence-electron chi connectivity index (χ2n) is 2.91. The van der Waals surface area contributed by atoms with Crippen LogP contribution in [0.25, 0.3) is 0 Å². The number of aliphatic imine (C=N–C) groups is 1. The number of carbonyl (C=O) groups excluding carboxylic acids is 1. The summed E-state index contributed by atoms with van der Waals surface area (Å²) in [5.74, 6) is 0.103. The number of rotatable bonds is 0. The first-order valence-electron chi connectivity index (χ1n) is 4.09. The molecule has 1 unspecified atom stereocenters. The smallest absolute Gasteiger partial charge is 0.230 e. The van der Waals surface area contributed by atoms with Crippen molar-refractivity contribution in [2.24, 2.45) is 10.9 Å². The van der Waals surface area contributed by atoms with Crippen molar-refractivity contribution >= 4 is 12.1 Å². The van der Waals surface area contributed by atoms with Gasteiger partial charge in [0.25, 0.3) is 0 Å². The number of carbonyl (C=O) groups is 1. The average molecular weight is 165 g/mol. The number of allylic oxidation sites excluding steroid dienone is 1. The molecule has 2 rings (SSSR count). The van der Waals surface area contributed by atoms with Gasteiger partial charge in [0.05, 0.1) is 12.6 Å². The first-order chi connectivity index (χ1) is 5.88. The van der Waals surface area contributed by atoms with Gasteiger partial charge in [-0.2, -0.15) is 0 Å². The fourth-order valence-electron chi connectivity index (χ4n) is 1.49. The molecule has 12 heavy (non-hydrogen) atoms. The lowest BCUT2D eigenvalue weighted by Crippen LogP contribution is -2.46. The number of amides is 1. The zero-order valence-electron chi connectivity index (χ0n) is 6.71. The Bertz CT molecular complexity index is 257. The molecule has 0 saturated carbocycles. The largest absolute Gasteiger partial charge is 0.371 e. The topological polar surface area (TPSA) is 53.5 Å². The van der Waals surface area contributed by atoms with Crippen molar-refractivity contribution in [2.75, 3.05) is 13.2 Å². The van der Waals surface area contributed by atoms with Crippen molar-refractivity contribution in [2.45, 2.75) is 6.42 Å². The van der Waals surface area contributed by atoms with Crippen molar-refractivity contribution in [1.29, 1.82) is 0 Å². The molecule has 4 nitrogen and oxygen atoms in total. The van der Waals surface area contributed by atoms with Crippen LogP contribution in [0.4, 0.5) is 0 Å². The lowest BCUT2D eigenvalue weighted by molar-refractivity contribution is -0.125. The fourth-order valence-corrected chi connectivity index (χ4v) is 1.49. The van der Waals surface area contributed by atoms with Gasteiger partial charge in [0.1, 0.15) is 0 Å². The lowest BCUT2D eigenvalue weighted by Gasteiger charge is -2.25. The lowest BCUT2D eigenvalue weighted by atomic mass is 9.99. The first-order valence-corrected chi connectivity index (χ1v) is 4.09. The van der Waals surface area contributed by atoms with E-state index in [0.717, 1.165) is 18.7 Å². The normalized spacial score (nSPS) is 27.8. The van der Waals surface area contributed by atoms with Crippen LogP contribution in [0, 0.1) is 5.92 Å². The molecule has 2 N–H and O–H groups in total. The minimum absolute atomic E-state index is 0.0127. The highest BCUT2D eigenvalue weighted by atomic mass is 16.2. The summed E-state index contributed by atoms with van der Waals surface area (Å²) in [5, 5.41) is 5.89. The molecular weight excluding hydrogens is 154 g/mol. The van der Waals surface area contributed by atoms with Crippen LogP contribution < -0.4 is 10.6 Å². The molecule has 0 aromatic rings. The van der Waals surface area contributed by atoms with Crippen LogP contribution in [-0.2, 0) is 4.79 Å². The maximum absolute atomic E-state index is 11.3. The minimum atomic E-state index is -0.0127. The Labute approximate surface area is 70.7 Å². The van der Waals surface area contributed by atoms with Gasteiger partial charge in [-0.05, 0) is 12.5 Å². The maximum Gasteiger partial charge on any atom is 0.230 e. The van der Waals surface area contributed by atoms with Crippen molar-refractivity contribution in [3.05, 3.63) is 11.8 Å². The highest BCUT2D eigenvalue weighted by Gasteiger charge is 2.26. The third-order valence-electron chi connectivity index (χ3n) is 2.15. The highest BCUT2D eigenvalue weighted by Crippen LogP contribution is 2.16. The molecule has 0 radical (unpaired) electrons. The van der Waals surface area contributed by atoms with Gasteiger partial charge < -0.3 is 10.6 Å². The molecule has 1 fully saturated rings. The Hall–Kier alpha value is -1.32. The summed E-state index contributed by atoms with van der Waals surface area (Å²) in [4.78, 5) is 15.4. The van der Waals surface area contributed by atoms with E-state index in [2.05, 4.69) is 15.6 Å². The van der Waals surface area contributed by atoms with E-state index in [9.17, 15) is 4.79 Å². The molecule has 0 aliphatic carbocycles. The molecule has 0 spiro atoms. The van der Waals surface area contributed by atoms with E-state index in [4.69, 9.17) is 0 Å². The zero-order valence-corrected chi connectivity index (χ0v) is 6.71. The van der Waals surface area contributed by atoms with Gasteiger partial charge in [0.15, 0.2) is 0 Å². The molecule has 2 aliphatic heterocycles. The second-order valence-corrected chi connectivity index (χ2v) is 2.91. The number of fused-ring (bicyclic) bond motifs is 1. The molecule has 1 amide bonds. The quantitative estimate of drug-likeness (QED) is 0.515. The Balaban J connectivity index is 2.22. The van der Waals surface area contributed by atoms with E-state index in [0.29, 0.717) is 6.67 Å². The predicted molar refractivity (Wildman–Crippen MR) is 45.7 cm³/mol. The molecule has 1 saturated heterocycles. The first kappa shape index (κ1) is 7.34. The van der Waals surface area contributed by atoms with Gasteiger partial charge in [-0.3, -0.25) is 9.79 Å². The number of hydrogen-bond acceptors (Lipinski definition) is 3. The summed E-state index contributed by atoms with van der Waals surface area (Å²) in [6.07, 6.45) is 4.46. The SMILES string of the molecule is O=C1NCNC2=CC=NCCC12. The molecule has 2 heterocycles. The van der Waals surface area contributed by atoms with Crippen LogP contribution in [0.5, 0.6) is 0 Å². The summed E-state index contributed by atoms with van der Waals surface area (Å²) in [7, 11) is 0. The average Bonchev–Trinajstić information content (AvgIpc) is 2.30. The van der Waals surface area contributed by atoms with E-state index < -0.39 is 0 Å². The third kappa shape index (κ3) is 1.20. The van der Waals surface area contributed by atoms with Crippen LogP contribution in [0.1, 0.15) is 6.42 Å². The molecule has 1 atom stereocenters. The van der Waals surface area contributed by atoms with Crippen LogP contribution >= 0.6 is 0 Å². The van der Waals surface area contributed by atoms with E-state index in [1.165, 1.54) is 0 Å². The monoisotopic (exact) mass is 165 g/mol. The summed E-state index contributed by atoms with van der Waals surface area (Å²) < 4.78 is 0. The fraction of sp³-hybridized carbons (Fsp3) is 0.500. The van der Waals surface area contributed by atoms with E-state index in [1.807, 2.05) is 6.08 Å². The molecule has 0 bridgehead atoms. The number of nitrogens with zero attached hydrogens (tertiary/aromatic N) is 1. The summed E-state index contributed by atoms with van der Waals surface area (Å²) in [6, 6.07) is 0. The van der Waals surface area contributed by atoms with E-state index >= 15 is 0 Å². The van der Waals surface area contributed by atoms with Crippen molar-refractivity contribution in [3.8, 4) is 0 Å². The molecule has 0 aromatic heterocycles. The van der Waals surface area contributed by atoms with Gasteiger partial charge in [0, 0.05) is 18.5 Å². The van der Waals surface area contributed by atoms with Crippen molar-refractivity contribution < 1.29 is 4.79 Å². The summed E-state index contributed by atoms with van der Waals surface area (Å²) in [6.45, 7) is 1.27. The van der Waals surface area contributed by atoms with E-state index in [1.54, 1.807) is 6.21 Å². The van der Waals surface area contributed by atoms with Gasteiger partial charge >= 0.3 is 0 Å². The Morgan fingerprint density at radius 1 is 1.50 bits per heavy atom. The standard InChI is InChI=1S/C8H11N3O/c12-8-6-1-3-9-4-2-7(6)10-5-11-8/h2,4,6,10H,1,3,5H2,(H,11,12). The minimum Gasteiger partial charge on any atom is -0.371 e. The maximum atomic E-state index is 11.3. The molecule has 4 heteroatoms. The second kappa shape index (κ2) is 2.97. The van der Waals surface area contributed by atoms with Crippen molar-refractivity contribution in [1.82, 2.24) is 10.6 Å². The molecule has 2 aliphatic rings. The number of nitrogens with one attached hydrogen (secondary N) is 2. The van der Waals surface area contributed by atoms with Crippen LogP contribution in [0.15, 0.2) is 16.8 Å². The van der Waals surface area contributed by atoms with Crippen LogP contribution in [-0.4, -0.2) is 25.3 Å². The van der Waals surface area contributed by atoms with Crippen LogP contribution in [0.3, 0.4) is 0 Å². The van der Waals surface area contributed by atoms with Gasteiger partial charge in [-0.15, -0.1) is 0 Å². The van der Waals surface area contributed by atoms with Crippen LogP contribution in [0.2, 0.25) is 0 Å². The Morgan fingerprint density at radius 3 is 3.33 bits per heavy atom. The number of hydrogen-bond donors (Lipinski definition) is 2. The zero-order chi connectivity index (χ0) is 8.39. The van der Waals surface area contributed by atoms with Gasteiger partial charge in [0.2, 0.25) is 5.91 Å². The third-order valence-corrected chi connectivity index (χ3v) is 2.15. The van der Waals surface area contributed by atoms with Gasteiger partial charge in [-0.1, -0.05) is 0 Å². The summed E-state index contributed by atoms with van der Waals surface area (Å²) >= 11 is 0. The predicted octanol–water partition coefficient (Wildman–Crippen LogP) is -0.362. The highest BCUT2D eigenvalue weighted by molar-refractivity contribution is 5.85. The molecule has 0 aromatic carbocycles.